The lowest BCUT2D eigenvalue weighted by Gasteiger charge is -2.23. The Morgan fingerprint density at radius 2 is 2.05 bits per heavy atom. The number of hydrogen-bond donors (Lipinski definition) is 1. The summed E-state index contributed by atoms with van der Waals surface area (Å²) >= 11 is 7.81. The van der Waals surface area contributed by atoms with Gasteiger partial charge in [0.05, 0.1) is 16.4 Å². The van der Waals surface area contributed by atoms with E-state index in [0.29, 0.717) is 5.17 Å². The molecular weight excluding hydrogens is 304 g/mol. The van der Waals surface area contributed by atoms with E-state index in [1.807, 2.05) is 30.6 Å². The van der Waals surface area contributed by atoms with Gasteiger partial charge in [-0.25, -0.2) is 4.99 Å². The van der Waals surface area contributed by atoms with Gasteiger partial charge >= 0.3 is 0 Å². The standard InChI is InChI=1S/C15H19ClN4S/c1-21-15(18-11-17)19-12-6-7-14(13(16)10-12)20-8-4-2-3-5-9-20/h6-7,10H,2-5,8-9H2,1H3,(H,18,19). The van der Waals surface area contributed by atoms with Crippen LogP contribution in [0.1, 0.15) is 25.7 Å². The average molecular weight is 323 g/mol. The molecule has 0 aromatic heterocycles. The van der Waals surface area contributed by atoms with Crippen molar-refractivity contribution in [3.63, 3.8) is 0 Å². The maximum absolute atomic E-state index is 8.65. The molecule has 6 heteroatoms. The number of nitrogens with one attached hydrogen (secondary N) is 1. The van der Waals surface area contributed by atoms with E-state index in [9.17, 15) is 0 Å². The van der Waals surface area contributed by atoms with E-state index in [-0.39, 0.29) is 0 Å². The molecule has 0 unspecified atom stereocenters. The van der Waals surface area contributed by atoms with Gasteiger partial charge in [-0.3, -0.25) is 5.32 Å². The average Bonchev–Trinajstić information content (AvgIpc) is 2.76. The van der Waals surface area contributed by atoms with Gasteiger partial charge in [0.1, 0.15) is 0 Å². The lowest BCUT2D eigenvalue weighted by atomic mass is 10.2. The normalized spacial score (nSPS) is 16.2. The van der Waals surface area contributed by atoms with Crippen LogP contribution in [0, 0.1) is 11.5 Å². The van der Waals surface area contributed by atoms with Crippen molar-refractivity contribution in [1.82, 2.24) is 5.32 Å². The first kappa shape index (κ1) is 16.0. The summed E-state index contributed by atoms with van der Waals surface area (Å²) in [6, 6.07) is 5.83. The summed E-state index contributed by atoms with van der Waals surface area (Å²) in [4.78, 5) is 6.73. The molecule has 1 saturated heterocycles. The highest BCUT2D eigenvalue weighted by atomic mass is 35.5. The molecule has 1 aliphatic rings. The number of nitrogens with zero attached hydrogens (tertiary/aromatic N) is 3. The number of anilines is 1. The van der Waals surface area contributed by atoms with Gasteiger partial charge in [-0.05, 0) is 37.3 Å². The molecule has 1 aromatic carbocycles. The van der Waals surface area contributed by atoms with Crippen LogP contribution in [-0.2, 0) is 0 Å². The van der Waals surface area contributed by atoms with Crippen LogP contribution in [0.4, 0.5) is 11.4 Å². The van der Waals surface area contributed by atoms with Gasteiger partial charge in [0, 0.05) is 13.1 Å². The molecule has 0 saturated carbocycles. The number of benzene rings is 1. The van der Waals surface area contributed by atoms with Gasteiger partial charge in [-0.2, -0.15) is 5.26 Å². The quantitative estimate of drug-likeness (QED) is 0.385. The molecule has 0 amide bonds. The minimum Gasteiger partial charge on any atom is -0.370 e. The van der Waals surface area contributed by atoms with Crippen LogP contribution in [0.25, 0.3) is 0 Å². The molecule has 1 aliphatic heterocycles. The molecule has 1 fully saturated rings. The molecule has 1 heterocycles. The predicted octanol–water partition coefficient (Wildman–Crippen LogP) is 4.14. The van der Waals surface area contributed by atoms with Crippen molar-refractivity contribution in [2.45, 2.75) is 25.7 Å². The summed E-state index contributed by atoms with van der Waals surface area (Å²) in [7, 11) is 0. The molecule has 1 N–H and O–H groups in total. The number of amidine groups is 1. The highest BCUT2D eigenvalue weighted by Crippen LogP contribution is 2.31. The second-order valence-electron chi connectivity index (χ2n) is 4.89. The van der Waals surface area contributed by atoms with E-state index in [1.165, 1.54) is 37.4 Å². The van der Waals surface area contributed by atoms with E-state index in [0.717, 1.165) is 29.5 Å². The molecule has 0 atom stereocenters. The summed E-state index contributed by atoms with van der Waals surface area (Å²) in [5.41, 5.74) is 1.84. The summed E-state index contributed by atoms with van der Waals surface area (Å²) in [6.07, 6.45) is 8.79. The van der Waals surface area contributed by atoms with Crippen LogP contribution in [0.5, 0.6) is 0 Å². The van der Waals surface area contributed by atoms with Crippen LogP contribution >= 0.6 is 23.4 Å². The van der Waals surface area contributed by atoms with E-state index in [1.54, 1.807) is 0 Å². The molecule has 2 rings (SSSR count). The summed E-state index contributed by atoms with van der Waals surface area (Å²) in [5.74, 6) is 0. The van der Waals surface area contributed by atoms with Crippen LogP contribution < -0.4 is 10.2 Å². The Morgan fingerprint density at radius 3 is 2.62 bits per heavy atom. The third-order valence-corrected chi connectivity index (χ3v) is 4.35. The highest BCUT2D eigenvalue weighted by Gasteiger charge is 2.13. The van der Waals surface area contributed by atoms with Crippen LogP contribution in [0.15, 0.2) is 23.2 Å². The van der Waals surface area contributed by atoms with Crippen LogP contribution in [0.2, 0.25) is 5.02 Å². The van der Waals surface area contributed by atoms with Crippen LogP contribution in [-0.4, -0.2) is 24.5 Å². The zero-order valence-electron chi connectivity index (χ0n) is 12.1. The van der Waals surface area contributed by atoms with Crippen molar-refractivity contribution in [1.29, 1.82) is 5.26 Å². The van der Waals surface area contributed by atoms with Gasteiger partial charge in [-0.1, -0.05) is 36.2 Å². The molecule has 0 bridgehead atoms. The van der Waals surface area contributed by atoms with Crippen molar-refractivity contribution < 1.29 is 0 Å². The van der Waals surface area contributed by atoms with Crippen molar-refractivity contribution in [2.24, 2.45) is 4.99 Å². The molecule has 0 spiro atoms. The van der Waals surface area contributed by atoms with Gasteiger partial charge in [0.2, 0.25) is 0 Å². The Bertz CT molecular complexity index is 545. The maximum atomic E-state index is 8.65. The first-order valence-corrected chi connectivity index (χ1v) is 8.67. The van der Waals surface area contributed by atoms with Gasteiger partial charge in [0.15, 0.2) is 11.4 Å². The smallest absolute Gasteiger partial charge is 0.183 e. The minimum atomic E-state index is 0.566. The number of hydrogen-bond acceptors (Lipinski definition) is 4. The van der Waals surface area contributed by atoms with Gasteiger partial charge in [0.25, 0.3) is 0 Å². The van der Waals surface area contributed by atoms with Crippen LogP contribution in [0.3, 0.4) is 0 Å². The molecule has 112 valence electrons. The topological polar surface area (TPSA) is 51.4 Å². The Kier molecular flexibility index (Phi) is 6.21. The van der Waals surface area contributed by atoms with E-state index >= 15 is 0 Å². The lowest BCUT2D eigenvalue weighted by Crippen LogP contribution is -2.24. The third kappa shape index (κ3) is 4.55. The lowest BCUT2D eigenvalue weighted by molar-refractivity contribution is 0.726. The molecular formula is C15H19ClN4S. The number of nitriles is 1. The van der Waals surface area contributed by atoms with Crippen molar-refractivity contribution >= 4 is 39.9 Å². The number of thioether (sulfide) groups is 1. The van der Waals surface area contributed by atoms with Crippen molar-refractivity contribution in [2.75, 3.05) is 24.2 Å². The Labute approximate surface area is 135 Å². The zero-order valence-corrected chi connectivity index (χ0v) is 13.7. The molecule has 0 radical (unpaired) electrons. The summed E-state index contributed by atoms with van der Waals surface area (Å²) in [5, 5.41) is 12.5. The second kappa shape index (κ2) is 8.16. The van der Waals surface area contributed by atoms with Gasteiger partial charge in [-0.15, -0.1) is 0 Å². The van der Waals surface area contributed by atoms with Crippen molar-refractivity contribution in [3.05, 3.63) is 23.2 Å². The molecule has 0 aliphatic carbocycles. The fourth-order valence-electron chi connectivity index (χ4n) is 2.42. The number of halogens is 1. The zero-order chi connectivity index (χ0) is 15.1. The number of aliphatic imine (C=N–C) groups is 1. The first-order chi connectivity index (χ1) is 10.2. The molecule has 4 nitrogen and oxygen atoms in total. The predicted molar refractivity (Wildman–Crippen MR) is 91.5 cm³/mol. The van der Waals surface area contributed by atoms with Crippen molar-refractivity contribution in [3.8, 4) is 6.19 Å². The molecule has 21 heavy (non-hydrogen) atoms. The Morgan fingerprint density at radius 1 is 1.33 bits per heavy atom. The summed E-state index contributed by atoms with van der Waals surface area (Å²) in [6.45, 7) is 2.13. The Hall–Kier alpha value is -1.38. The molecule has 1 aromatic rings. The van der Waals surface area contributed by atoms with E-state index in [2.05, 4.69) is 15.2 Å². The number of rotatable bonds is 2. The van der Waals surface area contributed by atoms with Gasteiger partial charge < -0.3 is 4.90 Å². The first-order valence-electron chi connectivity index (χ1n) is 7.07. The minimum absolute atomic E-state index is 0.566. The fourth-order valence-corrected chi connectivity index (χ4v) is 3.06. The highest BCUT2D eigenvalue weighted by molar-refractivity contribution is 8.13. The second-order valence-corrected chi connectivity index (χ2v) is 6.10. The SMILES string of the molecule is CSC(=Nc1ccc(N2CCCCCC2)c(Cl)c1)NC#N. The maximum Gasteiger partial charge on any atom is 0.183 e. The fraction of sp³-hybridized carbons (Fsp3) is 0.467. The Balaban J connectivity index is 2.18. The largest absolute Gasteiger partial charge is 0.370 e. The van der Waals surface area contributed by atoms with E-state index < -0.39 is 0 Å². The van der Waals surface area contributed by atoms with E-state index in [4.69, 9.17) is 16.9 Å². The summed E-state index contributed by atoms with van der Waals surface area (Å²) < 4.78 is 0. The monoisotopic (exact) mass is 322 g/mol. The third-order valence-electron chi connectivity index (χ3n) is 3.46.